The largest absolute Gasteiger partial charge is 0.347 e. The molecule has 2 aromatic carbocycles. The Morgan fingerprint density at radius 1 is 1.12 bits per heavy atom. The van der Waals surface area contributed by atoms with Crippen LogP contribution in [-0.4, -0.2) is 25.0 Å². The molecule has 1 aliphatic heterocycles. The van der Waals surface area contributed by atoms with Gasteiger partial charge in [-0.3, -0.25) is 4.79 Å². The van der Waals surface area contributed by atoms with E-state index in [0.29, 0.717) is 28.6 Å². The average molecular weight is 422 g/mol. The summed E-state index contributed by atoms with van der Waals surface area (Å²) in [5.41, 5.74) is 0.937. The van der Waals surface area contributed by atoms with Gasteiger partial charge in [0.25, 0.3) is 5.91 Å². The van der Waals surface area contributed by atoms with Crippen molar-refractivity contribution in [3.63, 3.8) is 0 Å². The van der Waals surface area contributed by atoms with E-state index in [1.807, 2.05) is 0 Å². The second-order valence-electron chi connectivity index (χ2n) is 5.98. The van der Waals surface area contributed by atoms with Crippen LogP contribution in [0, 0.1) is 11.6 Å². The molecule has 2 aromatic rings. The molecule has 3 rings (SSSR count). The summed E-state index contributed by atoms with van der Waals surface area (Å²) in [4.78, 5) is 12.6. The first-order valence-corrected chi connectivity index (χ1v) is 8.63. The normalized spacial score (nSPS) is 19.5. The summed E-state index contributed by atoms with van der Waals surface area (Å²) in [7, 11) is 0. The molecule has 3 nitrogen and oxygen atoms in total. The van der Waals surface area contributed by atoms with Crippen LogP contribution in [0.2, 0.25) is 10.0 Å². The van der Waals surface area contributed by atoms with Gasteiger partial charge < -0.3 is 10.6 Å². The van der Waals surface area contributed by atoms with Crippen molar-refractivity contribution in [2.75, 3.05) is 13.1 Å². The topological polar surface area (TPSA) is 41.1 Å². The second-order valence-corrected chi connectivity index (χ2v) is 6.82. The summed E-state index contributed by atoms with van der Waals surface area (Å²) < 4.78 is 26.8. The number of nitrogens with one attached hydrogen (secondary N) is 2. The van der Waals surface area contributed by atoms with Gasteiger partial charge in [0, 0.05) is 23.5 Å². The van der Waals surface area contributed by atoms with E-state index in [0.717, 1.165) is 12.6 Å². The van der Waals surface area contributed by atoms with Crippen LogP contribution in [0.5, 0.6) is 0 Å². The molecule has 0 spiro atoms. The molecule has 0 aliphatic carbocycles. The number of carbonyl (C=O) groups is 1. The summed E-state index contributed by atoms with van der Waals surface area (Å²) in [6.45, 7) is 1.25. The van der Waals surface area contributed by atoms with Crippen molar-refractivity contribution in [2.45, 2.75) is 18.4 Å². The minimum atomic E-state index is -0.890. The van der Waals surface area contributed by atoms with Gasteiger partial charge in [-0.1, -0.05) is 29.3 Å². The fourth-order valence-corrected chi connectivity index (χ4v) is 3.45. The fraction of sp³-hybridized carbons (Fsp3) is 0.278. The highest BCUT2D eigenvalue weighted by Gasteiger charge is 2.29. The zero-order chi connectivity index (χ0) is 18.0. The molecule has 1 aliphatic rings. The smallest absolute Gasteiger partial charge is 0.253 e. The number of benzene rings is 2. The predicted molar refractivity (Wildman–Crippen MR) is 102 cm³/mol. The minimum Gasteiger partial charge on any atom is -0.347 e. The number of hydrogen-bond donors (Lipinski definition) is 2. The lowest BCUT2D eigenvalue weighted by atomic mass is 9.85. The van der Waals surface area contributed by atoms with Crippen molar-refractivity contribution in [3.05, 3.63) is 69.2 Å². The third-order valence-electron chi connectivity index (χ3n) is 4.34. The van der Waals surface area contributed by atoms with E-state index in [2.05, 4.69) is 10.6 Å². The van der Waals surface area contributed by atoms with E-state index < -0.39 is 11.6 Å². The first kappa shape index (κ1) is 20.9. The maximum absolute atomic E-state index is 13.6. The van der Waals surface area contributed by atoms with Gasteiger partial charge in [0.1, 0.15) is 0 Å². The van der Waals surface area contributed by atoms with Crippen molar-refractivity contribution in [1.82, 2.24) is 10.6 Å². The summed E-state index contributed by atoms with van der Waals surface area (Å²) in [5, 5.41) is 6.84. The average Bonchev–Trinajstić information content (AvgIpc) is 2.60. The lowest BCUT2D eigenvalue weighted by Crippen LogP contribution is -2.50. The summed E-state index contributed by atoms with van der Waals surface area (Å²) >= 11 is 12.0. The van der Waals surface area contributed by atoms with E-state index in [9.17, 15) is 13.6 Å². The molecule has 0 saturated carbocycles. The van der Waals surface area contributed by atoms with E-state index in [-0.39, 0.29) is 35.8 Å². The highest BCUT2D eigenvalue weighted by Crippen LogP contribution is 2.28. The van der Waals surface area contributed by atoms with Crippen LogP contribution in [0.1, 0.15) is 28.3 Å². The third kappa shape index (κ3) is 4.65. The van der Waals surface area contributed by atoms with Crippen LogP contribution in [0.25, 0.3) is 0 Å². The predicted octanol–water partition coefficient (Wildman–Crippen LogP) is 4.57. The number of rotatable bonds is 3. The van der Waals surface area contributed by atoms with Crippen LogP contribution in [0.15, 0.2) is 36.4 Å². The lowest BCUT2D eigenvalue weighted by Gasteiger charge is -2.33. The molecule has 0 radical (unpaired) electrons. The molecule has 2 N–H and O–H groups in total. The molecule has 26 heavy (non-hydrogen) atoms. The minimum absolute atomic E-state index is 0. The molecule has 0 bridgehead atoms. The van der Waals surface area contributed by atoms with Crippen molar-refractivity contribution < 1.29 is 13.6 Å². The Labute approximate surface area is 166 Å². The molecular weight excluding hydrogens is 405 g/mol. The Hall–Kier alpha value is -1.40. The SMILES string of the molecule is Cl.O=C(NC1CNCCC1c1ccc(F)c(F)c1)c1cc(Cl)ccc1Cl. The number of halogens is 5. The van der Waals surface area contributed by atoms with Gasteiger partial charge in [0.2, 0.25) is 0 Å². The number of amides is 1. The van der Waals surface area contributed by atoms with Crippen molar-refractivity contribution >= 4 is 41.5 Å². The summed E-state index contributed by atoms with van der Waals surface area (Å²) in [6.07, 6.45) is 0.694. The maximum Gasteiger partial charge on any atom is 0.253 e. The van der Waals surface area contributed by atoms with E-state index in [1.165, 1.54) is 12.1 Å². The monoisotopic (exact) mass is 420 g/mol. The number of carbonyl (C=O) groups excluding carboxylic acids is 1. The standard InChI is InChI=1S/C18H16Cl2F2N2O.ClH/c19-11-2-3-14(20)13(8-11)18(25)24-17-9-23-6-5-12(17)10-1-4-15(21)16(22)7-10;/h1-4,7-8,12,17,23H,5-6,9H2,(H,24,25);1H. The van der Waals surface area contributed by atoms with Gasteiger partial charge >= 0.3 is 0 Å². The highest BCUT2D eigenvalue weighted by molar-refractivity contribution is 6.35. The Balaban J connectivity index is 0.00000243. The molecule has 1 amide bonds. The number of hydrogen-bond acceptors (Lipinski definition) is 2. The van der Waals surface area contributed by atoms with Crippen molar-refractivity contribution in [2.24, 2.45) is 0 Å². The summed E-state index contributed by atoms with van der Waals surface area (Å²) in [5.74, 6) is -2.25. The van der Waals surface area contributed by atoms with Crippen molar-refractivity contribution in [1.29, 1.82) is 0 Å². The number of piperidine rings is 1. The van der Waals surface area contributed by atoms with E-state index in [1.54, 1.807) is 18.2 Å². The van der Waals surface area contributed by atoms with E-state index >= 15 is 0 Å². The van der Waals surface area contributed by atoms with Gasteiger partial charge in [-0.05, 0) is 48.9 Å². The molecule has 140 valence electrons. The quantitative estimate of drug-likeness (QED) is 0.762. The molecule has 0 aromatic heterocycles. The lowest BCUT2D eigenvalue weighted by molar-refractivity contribution is 0.0924. The van der Waals surface area contributed by atoms with Crippen LogP contribution < -0.4 is 10.6 Å². The highest BCUT2D eigenvalue weighted by atomic mass is 35.5. The van der Waals surface area contributed by atoms with Crippen LogP contribution in [0.4, 0.5) is 8.78 Å². The summed E-state index contributed by atoms with van der Waals surface area (Å²) in [6, 6.07) is 8.25. The second kappa shape index (κ2) is 9.00. The fourth-order valence-electron chi connectivity index (χ4n) is 3.07. The van der Waals surface area contributed by atoms with Gasteiger partial charge in [0.15, 0.2) is 11.6 Å². The van der Waals surface area contributed by atoms with Crippen LogP contribution in [-0.2, 0) is 0 Å². The molecule has 2 atom stereocenters. The molecular formula is C18H17Cl3F2N2O. The molecule has 1 heterocycles. The van der Waals surface area contributed by atoms with Gasteiger partial charge in [-0.2, -0.15) is 0 Å². The Morgan fingerprint density at radius 2 is 1.88 bits per heavy atom. The third-order valence-corrected chi connectivity index (χ3v) is 4.91. The van der Waals surface area contributed by atoms with Crippen molar-refractivity contribution in [3.8, 4) is 0 Å². The van der Waals surface area contributed by atoms with E-state index in [4.69, 9.17) is 23.2 Å². The zero-order valence-corrected chi connectivity index (χ0v) is 15.9. The van der Waals surface area contributed by atoms with Crippen LogP contribution >= 0.6 is 35.6 Å². The molecule has 1 fully saturated rings. The Morgan fingerprint density at radius 3 is 2.62 bits per heavy atom. The van der Waals surface area contributed by atoms with Gasteiger partial charge in [0.05, 0.1) is 10.6 Å². The maximum atomic E-state index is 13.6. The molecule has 1 saturated heterocycles. The molecule has 2 unspecified atom stereocenters. The molecule has 8 heteroatoms. The zero-order valence-electron chi connectivity index (χ0n) is 13.6. The van der Waals surface area contributed by atoms with Crippen LogP contribution in [0.3, 0.4) is 0 Å². The first-order valence-electron chi connectivity index (χ1n) is 7.87. The Bertz CT molecular complexity index is 804. The van der Waals surface area contributed by atoms with Gasteiger partial charge in [-0.25, -0.2) is 8.78 Å². The van der Waals surface area contributed by atoms with Gasteiger partial charge in [-0.15, -0.1) is 12.4 Å². The Kier molecular flexibility index (Phi) is 7.24. The first-order chi connectivity index (χ1) is 12.0.